The molecule has 1 saturated carbocycles. The molecule has 1 aliphatic heterocycles. The molecule has 32 heavy (non-hydrogen) atoms. The van der Waals surface area contributed by atoms with Crippen LogP contribution in [0.3, 0.4) is 0 Å². The van der Waals surface area contributed by atoms with Gasteiger partial charge in [-0.3, -0.25) is 9.69 Å². The first-order valence-electron chi connectivity index (χ1n) is 10.6. The summed E-state index contributed by atoms with van der Waals surface area (Å²) < 4.78 is 24.5. The van der Waals surface area contributed by atoms with Crippen LogP contribution < -0.4 is 14.8 Å². The highest BCUT2D eigenvalue weighted by atomic mass is 35.5. The molecule has 8 heteroatoms. The number of nitrogens with one attached hydrogen (secondary N) is 1. The standard InChI is InChI=1S/C24H24ClFN2O3S/c1-30-21-9-7-15(11-16(21)14-31-22-10-8-17(26)13-19(22)25)12-20-23(29)28(24(32)27-20)18-5-3-2-4-6-18/h7-13,18H,2-6,14H2,1H3,(H,27,32)/b20-12+. The Bertz CT molecular complexity index is 1070. The highest BCUT2D eigenvalue weighted by Crippen LogP contribution is 2.30. The fraction of sp³-hybridized carbons (Fsp3) is 0.333. The third-order valence-corrected chi connectivity index (χ3v) is 6.34. The zero-order chi connectivity index (χ0) is 22.7. The van der Waals surface area contributed by atoms with Crippen molar-refractivity contribution < 1.29 is 18.7 Å². The van der Waals surface area contributed by atoms with Crippen LogP contribution in [0.25, 0.3) is 6.08 Å². The monoisotopic (exact) mass is 474 g/mol. The molecule has 4 rings (SSSR count). The summed E-state index contributed by atoms with van der Waals surface area (Å²) in [6, 6.07) is 9.70. The maximum Gasteiger partial charge on any atom is 0.276 e. The Hall–Kier alpha value is -2.64. The van der Waals surface area contributed by atoms with Crippen molar-refractivity contribution in [2.24, 2.45) is 0 Å². The summed E-state index contributed by atoms with van der Waals surface area (Å²) in [7, 11) is 1.57. The molecule has 1 saturated heterocycles. The Kier molecular flexibility index (Phi) is 6.96. The number of ether oxygens (including phenoxy) is 2. The van der Waals surface area contributed by atoms with E-state index in [1.165, 1.54) is 24.6 Å². The molecule has 0 bridgehead atoms. The summed E-state index contributed by atoms with van der Waals surface area (Å²) in [5.41, 5.74) is 2.03. The van der Waals surface area contributed by atoms with Crippen LogP contribution in [0.4, 0.5) is 4.39 Å². The van der Waals surface area contributed by atoms with Crippen molar-refractivity contribution in [2.75, 3.05) is 7.11 Å². The molecule has 5 nitrogen and oxygen atoms in total. The normalized spacial score (nSPS) is 18.2. The number of nitrogens with zero attached hydrogens (tertiary/aromatic N) is 1. The summed E-state index contributed by atoms with van der Waals surface area (Å²) in [6.45, 7) is 0.166. The Morgan fingerprint density at radius 3 is 2.66 bits per heavy atom. The van der Waals surface area contributed by atoms with Crippen LogP contribution in [0.5, 0.6) is 11.5 Å². The molecule has 2 aliphatic rings. The van der Waals surface area contributed by atoms with Crippen LogP contribution in [0.2, 0.25) is 5.02 Å². The highest BCUT2D eigenvalue weighted by molar-refractivity contribution is 7.80. The minimum Gasteiger partial charge on any atom is -0.496 e. The number of methoxy groups -OCH3 is 1. The van der Waals surface area contributed by atoms with Gasteiger partial charge in [-0.05, 0) is 67.0 Å². The van der Waals surface area contributed by atoms with Gasteiger partial charge in [0.2, 0.25) is 0 Å². The third kappa shape index (κ3) is 4.89. The van der Waals surface area contributed by atoms with E-state index < -0.39 is 5.82 Å². The molecule has 1 heterocycles. The van der Waals surface area contributed by atoms with Crippen LogP contribution in [-0.4, -0.2) is 29.1 Å². The van der Waals surface area contributed by atoms with Crippen molar-refractivity contribution in [3.63, 3.8) is 0 Å². The van der Waals surface area contributed by atoms with Gasteiger partial charge in [-0.25, -0.2) is 4.39 Å². The average Bonchev–Trinajstić information content (AvgIpc) is 3.06. The van der Waals surface area contributed by atoms with Gasteiger partial charge in [0, 0.05) is 11.6 Å². The number of benzene rings is 2. The molecule has 1 aliphatic carbocycles. The molecule has 0 radical (unpaired) electrons. The van der Waals surface area contributed by atoms with Crippen molar-refractivity contribution >= 4 is 40.9 Å². The maximum absolute atomic E-state index is 13.3. The van der Waals surface area contributed by atoms with Crippen LogP contribution in [-0.2, 0) is 11.4 Å². The molecule has 0 aromatic heterocycles. The number of hydrogen-bond acceptors (Lipinski definition) is 4. The van der Waals surface area contributed by atoms with Crippen molar-refractivity contribution in [2.45, 2.75) is 44.8 Å². The summed E-state index contributed by atoms with van der Waals surface area (Å²) in [4.78, 5) is 14.7. The fourth-order valence-corrected chi connectivity index (χ4v) is 4.70. The van der Waals surface area contributed by atoms with Gasteiger partial charge in [0.15, 0.2) is 5.11 Å². The third-order valence-electron chi connectivity index (χ3n) is 5.74. The minimum atomic E-state index is -0.428. The smallest absolute Gasteiger partial charge is 0.276 e. The van der Waals surface area contributed by atoms with E-state index in [-0.39, 0.29) is 23.6 Å². The lowest BCUT2D eigenvalue weighted by molar-refractivity contribution is -0.124. The molecule has 2 aromatic rings. The number of rotatable bonds is 6. The summed E-state index contributed by atoms with van der Waals surface area (Å²) in [5, 5.41) is 3.73. The van der Waals surface area contributed by atoms with E-state index in [4.69, 9.17) is 33.3 Å². The number of carbonyl (C=O) groups excluding carboxylic acids is 1. The van der Waals surface area contributed by atoms with Gasteiger partial charge in [0.05, 0.1) is 12.1 Å². The first-order valence-corrected chi connectivity index (χ1v) is 11.4. The number of thiocarbonyl (C=S) groups is 1. The van der Waals surface area contributed by atoms with E-state index >= 15 is 0 Å². The van der Waals surface area contributed by atoms with Gasteiger partial charge < -0.3 is 14.8 Å². The second-order valence-corrected chi connectivity index (χ2v) is 8.68. The molecule has 2 fully saturated rings. The van der Waals surface area contributed by atoms with Gasteiger partial charge in [-0.15, -0.1) is 0 Å². The van der Waals surface area contributed by atoms with E-state index in [0.717, 1.165) is 36.8 Å². The minimum absolute atomic E-state index is 0.0892. The quantitative estimate of drug-likeness (QED) is 0.445. The molecule has 2 aromatic carbocycles. The van der Waals surface area contributed by atoms with Crippen molar-refractivity contribution in [3.8, 4) is 11.5 Å². The van der Waals surface area contributed by atoms with Gasteiger partial charge in [0.25, 0.3) is 5.91 Å². The van der Waals surface area contributed by atoms with E-state index in [1.807, 2.05) is 18.2 Å². The summed E-state index contributed by atoms with van der Waals surface area (Å²) >= 11 is 11.5. The molecule has 168 valence electrons. The van der Waals surface area contributed by atoms with Crippen molar-refractivity contribution in [1.82, 2.24) is 10.2 Å². The van der Waals surface area contributed by atoms with Crippen LogP contribution in [0, 0.1) is 5.82 Å². The Balaban J connectivity index is 1.53. The molecule has 0 unspecified atom stereocenters. The lowest BCUT2D eigenvalue weighted by Gasteiger charge is -2.29. The lowest BCUT2D eigenvalue weighted by atomic mass is 9.94. The number of amides is 1. The zero-order valence-electron chi connectivity index (χ0n) is 17.7. The first-order chi connectivity index (χ1) is 15.5. The van der Waals surface area contributed by atoms with E-state index in [2.05, 4.69) is 5.32 Å². The topological polar surface area (TPSA) is 50.8 Å². The molecular formula is C24H24ClFN2O3S. The van der Waals surface area contributed by atoms with E-state index in [0.29, 0.717) is 22.3 Å². The zero-order valence-corrected chi connectivity index (χ0v) is 19.3. The van der Waals surface area contributed by atoms with E-state index in [9.17, 15) is 9.18 Å². The molecule has 0 atom stereocenters. The van der Waals surface area contributed by atoms with Crippen LogP contribution in [0.15, 0.2) is 42.1 Å². The predicted molar refractivity (Wildman–Crippen MR) is 126 cm³/mol. The van der Waals surface area contributed by atoms with Gasteiger partial charge in [0.1, 0.15) is 29.6 Å². The first kappa shape index (κ1) is 22.6. The Morgan fingerprint density at radius 2 is 1.94 bits per heavy atom. The highest BCUT2D eigenvalue weighted by Gasteiger charge is 2.36. The molecular weight excluding hydrogens is 451 g/mol. The Morgan fingerprint density at radius 1 is 1.19 bits per heavy atom. The molecule has 0 spiro atoms. The predicted octanol–water partition coefficient (Wildman–Crippen LogP) is 5.46. The Labute approximate surface area is 197 Å². The SMILES string of the molecule is COc1ccc(/C=C2/NC(=S)N(C3CCCCC3)C2=O)cc1COc1ccc(F)cc1Cl. The van der Waals surface area contributed by atoms with Crippen LogP contribution in [0.1, 0.15) is 43.2 Å². The fourth-order valence-electron chi connectivity index (χ4n) is 4.14. The number of hydrogen-bond donors (Lipinski definition) is 1. The molecule has 1 N–H and O–H groups in total. The van der Waals surface area contributed by atoms with Gasteiger partial charge >= 0.3 is 0 Å². The van der Waals surface area contributed by atoms with Crippen molar-refractivity contribution in [3.05, 3.63) is 64.1 Å². The number of halogens is 2. The summed E-state index contributed by atoms with van der Waals surface area (Å²) in [5.74, 6) is 0.492. The number of carbonyl (C=O) groups is 1. The summed E-state index contributed by atoms with van der Waals surface area (Å²) in [6.07, 6.45) is 7.20. The van der Waals surface area contributed by atoms with Crippen LogP contribution >= 0.6 is 23.8 Å². The van der Waals surface area contributed by atoms with Gasteiger partial charge in [-0.1, -0.05) is 36.9 Å². The van der Waals surface area contributed by atoms with Gasteiger partial charge in [-0.2, -0.15) is 0 Å². The second kappa shape index (κ2) is 9.88. The molecule has 1 amide bonds. The lowest BCUT2D eigenvalue weighted by Crippen LogP contribution is -2.41. The second-order valence-electron chi connectivity index (χ2n) is 7.89. The van der Waals surface area contributed by atoms with Crippen molar-refractivity contribution in [1.29, 1.82) is 0 Å². The largest absolute Gasteiger partial charge is 0.496 e. The average molecular weight is 475 g/mol. The van der Waals surface area contributed by atoms with E-state index in [1.54, 1.807) is 18.1 Å². The maximum atomic E-state index is 13.3.